The second-order valence-corrected chi connectivity index (χ2v) is 9.23. The maximum atomic E-state index is 13.2. The zero-order valence-corrected chi connectivity index (χ0v) is 19.4. The summed E-state index contributed by atoms with van der Waals surface area (Å²) < 4.78 is 42.3. The fourth-order valence-corrected chi connectivity index (χ4v) is 4.96. The van der Waals surface area contributed by atoms with Crippen molar-refractivity contribution in [3.05, 3.63) is 86.8 Å². The van der Waals surface area contributed by atoms with Gasteiger partial charge in [-0.3, -0.25) is 23.6 Å². The van der Waals surface area contributed by atoms with Crippen LogP contribution in [0.3, 0.4) is 0 Å². The van der Waals surface area contributed by atoms with Gasteiger partial charge in [-0.05, 0) is 41.4 Å². The number of hydrogen-bond acceptors (Lipinski definition) is 5. The molecule has 0 N–H and O–H groups in total. The third-order valence-electron chi connectivity index (χ3n) is 6.08. The number of allylic oxidation sites excluding steroid dienone is 1. The molecular formula is C24H20F3N5O2S. The highest BCUT2D eigenvalue weighted by Crippen LogP contribution is 2.35. The van der Waals surface area contributed by atoms with Crippen LogP contribution >= 0.6 is 11.8 Å². The first kappa shape index (κ1) is 23.2. The van der Waals surface area contributed by atoms with Crippen LogP contribution in [0.5, 0.6) is 0 Å². The van der Waals surface area contributed by atoms with Gasteiger partial charge in [0.2, 0.25) is 0 Å². The summed E-state index contributed by atoms with van der Waals surface area (Å²) in [4.78, 5) is 30.1. The average Bonchev–Trinajstić information content (AvgIpc) is 3.21. The fraction of sp³-hybridized carbons (Fsp3) is 0.250. The molecule has 0 spiro atoms. The molecular weight excluding hydrogens is 479 g/mol. The Bertz CT molecular complexity index is 1550. The summed E-state index contributed by atoms with van der Waals surface area (Å²) >= 11 is -0.353. The first-order chi connectivity index (χ1) is 16.7. The minimum absolute atomic E-state index is 0.0275. The van der Waals surface area contributed by atoms with Gasteiger partial charge in [-0.2, -0.15) is 18.3 Å². The van der Waals surface area contributed by atoms with E-state index in [9.17, 15) is 22.8 Å². The van der Waals surface area contributed by atoms with Crippen molar-refractivity contribution in [2.75, 3.05) is 0 Å². The van der Waals surface area contributed by atoms with Crippen molar-refractivity contribution >= 4 is 28.9 Å². The molecule has 0 saturated heterocycles. The van der Waals surface area contributed by atoms with Gasteiger partial charge in [0, 0.05) is 37.5 Å². The van der Waals surface area contributed by atoms with Crippen molar-refractivity contribution in [2.45, 2.75) is 30.3 Å². The fourth-order valence-electron chi connectivity index (χ4n) is 4.45. The number of rotatable bonds is 5. The van der Waals surface area contributed by atoms with Crippen LogP contribution in [0.1, 0.15) is 23.5 Å². The Hall–Kier alpha value is -3.60. The molecule has 3 heterocycles. The molecule has 0 amide bonds. The number of fused-ring (bicyclic) bond motifs is 2. The summed E-state index contributed by atoms with van der Waals surface area (Å²) in [6.07, 6.45) is 7.99. The van der Waals surface area contributed by atoms with E-state index in [2.05, 4.69) is 22.2 Å². The molecule has 7 nitrogen and oxygen atoms in total. The molecule has 0 fully saturated rings. The van der Waals surface area contributed by atoms with E-state index >= 15 is 0 Å². The van der Waals surface area contributed by atoms with E-state index in [0.717, 1.165) is 26.7 Å². The normalized spacial score (nSPS) is 15.5. The molecule has 1 atom stereocenters. The Balaban J connectivity index is 1.73. The number of benzene rings is 1. The predicted molar refractivity (Wildman–Crippen MR) is 129 cm³/mol. The number of aromatic nitrogens is 5. The third kappa shape index (κ3) is 4.31. The zero-order valence-electron chi connectivity index (χ0n) is 18.6. The molecule has 1 aliphatic rings. The molecule has 0 radical (unpaired) electrons. The van der Waals surface area contributed by atoms with Crippen LogP contribution in [0.25, 0.3) is 28.4 Å². The standard InChI is InChI=1S/C24H20F3N5O2S/c1-30-22(33)19-20(16-9-11-28-12-10-16)32(13-17-7-4-6-15-5-2-3-8-18(15)17)29-21(19)31(23(30)34)14-35-24(25,26)27/h2-6,8-12,17H,7,13-14H2,1H3. The maximum Gasteiger partial charge on any atom is 0.443 e. The molecule has 1 aromatic carbocycles. The number of thioether (sulfide) groups is 1. The average molecular weight is 500 g/mol. The lowest BCUT2D eigenvalue weighted by atomic mass is 9.87. The molecule has 0 bridgehead atoms. The SMILES string of the molecule is Cn1c(=O)c2c(-c3ccncc3)n(CC3CC=Cc4ccccc43)nc2n(CSC(F)(F)F)c1=O. The zero-order chi connectivity index (χ0) is 24.7. The number of pyridine rings is 1. The highest BCUT2D eigenvalue weighted by molar-refractivity contribution is 7.99. The number of nitrogens with zero attached hydrogens (tertiary/aromatic N) is 5. The predicted octanol–water partition coefficient (Wildman–Crippen LogP) is 4.37. The van der Waals surface area contributed by atoms with Crippen molar-refractivity contribution in [3.63, 3.8) is 0 Å². The van der Waals surface area contributed by atoms with Crippen LogP contribution < -0.4 is 11.2 Å². The molecule has 0 saturated carbocycles. The van der Waals surface area contributed by atoms with Crippen LogP contribution in [0.2, 0.25) is 0 Å². The molecule has 3 aromatic heterocycles. The molecule has 5 rings (SSSR count). The largest absolute Gasteiger partial charge is 0.443 e. The van der Waals surface area contributed by atoms with E-state index in [-0.39, 0.29) is 28.7 Å². The van der Waals surface area contributed by atoms with Crippen LogP contribution in [-0.4, -0.2) is 29.4 Å². The maximum absolute atomic E-state index is 13.2. The molecule has 1 aliphatic carbocycles. The topological polar surface area (TPSA) is 74.7 Å². The van der Waals surface area contributed by atoms with Crippen molar-refractivity contribution < 1.29 is 13.2 Å². The molecule has 4 aromatic rings. The molecule has 11 heteroatoms. The summed E-state index contributed by atoms with van der Waals surface area (Å²) in [5.74, 6) is -0.686. The highest BCUT2D eigenvalue weighted by Gasteiger charge is 2.30. The van der Waals surface area contributed by atoms with Gasteiger partial charge in [-0.15, -0.1) is 0 Å². The first-order valence-corrected chi connectivity index (χ1v) is 11.8. The summed E-state index contributed by atoms with van der Waals surface area (Å²) in [7, 11) is 1.26. The van der Waals surface area contributed by atoms with E-state index in [1.54, 1.807) is 29.2 Å². The van der Waals surface area contributed by atoms with Crippen LogP contribution in [0.4, 0.5) is 13.2 Å². The van der Waals surface area contributed by atoms with Gasteiger partial charge < -0.3 is 0 Å². The Morgan fingerprint density at radius 1 is 1.11 bits per heavy atom. The van der Waals surface area contributed by atoms with E-state index in [1.807, 2.05) is 24.3 Å². The van der Waals surface area contributed by atoms with Crippen molar-refractivity contribution in [3.8, 4) is 11.3 Å². The molecule has 1 unspecified atom stereocenters. The van der Waals surface area contributed by atoms with Crippen LogP contribution in [-0.2, 0) is 19.5 Å². The Morgan fingerprint density at radius 3 is 2.60 bits per heavy atom. The van der Waals surface area contributed by atoms with Gasteiger partial charge in [-0.1, -0.05) is 36.4 Å². The number of alkyl halides is 3. The molecule has 180 valence electrons. The van der Waals surface area contributed by atoms with E-state index in [0.29, 0.717) is 17.8 Å². The first-order valence-electron chi connectivity index (χ1n) is 10.8. The second-order valence-electron chi connectivity index (χ2n) is 8.22. The van der Waals surface area contributed by atoms with Gasteiger partial charge in [-0.25, -0.2) is 4.79 Å². The smallest absolute Gasteiger partial charge is 0.268 e. The minimum Gasteiger partial charge on any atom is -0.268 e. The van der Waals surface area contributed by atoms with Crippen LogP contribution in [0, 0.1) is 0 Å². The van der Waals surface area contributed by atoms with Gasteiger partial charge in [0.05, 0.1) is 11.6 Å². The number of halogens is 3. The molecule has 35 heavy (non-hydrogen) atoms. The van der Waals surface area contributed by atoms with Crippen molar-refractivity contribution in [2.24, 2.45) is 7.05 Å². The quantitative estimate of drug-likeness (QED) is 0.408. The minimum atomic E-state index is -4.55. The Kier molecular flexibility index (Phi) is 5.87. The Morgan fingerprint density at radius 2 is 1.86 bits per heavy atom. The van der Waals surface area contributed by atoms with Gasteiger partial charge >= 0.3 is 11.2 Å². The monoisotopic (exact) mass is 499 g/mol. The second kappa shape index (κ2) is 8.88. The van der Waals surface area contributed by atoms with Gasteiger partial charge in [0.15, 0.2) is 5.65 Å². The lowest BCUT2D eigenvalue weighted by Gasteiger charge is -2.22. The van der Waals surface area contributed by atoms with E-state index < -0.39 is 22.6 Å². The van der Waals surface area contributed by atoms with E-state index in [4.69, 9.17) is 0 Å². The summed E-state index contributed by atoms with van der Waals surface area (Å²) in [6.45, 7) is 0.372. The van der Waals surface area contributed by atoms with Gasteiger partial charge in [0.1, 0.15) is 5.39 Å². The third-order valence-corrected chi connectivity index (χ3v) is 6.80. The molecule has 0 aliphatic heterocycles. The van der Waals surface area contributed by atoms with Crippen molar-refractivity contribution in [1.29, 1.82) is 0 Å². The lowest BCUT2D eigenvalue weighted by Crippen LogP contribution is -2.38. The highest BCUT2D eigenvalue weighted by atomic mass is 32.2. The van der Waals surface area contributed by atoms with Crippen LogP contribution in [0.15, 0.2) is 64.5 Å². The number of hydrogen-bond donors (Lipinski definition) is 0. The van der Waals surface area contributed by atoms with Crippen molar-refractivity contribution in [1.82, 2.24) is 23.9 Å². The summed E-state index contributed by atoms with van der Waals surface area (Å²) in [5, 5.41) is 4.66. The summed E-state index contributed by atoms with van der Waals surface area (Å²) in [6, 6.07) is 11.4. The Labute approximate surface area is 201 Å². The van der Waals surface area contributed by atoms with Gasteiger partial charge in [0.25, 0.3) is 5.56 Å². The summed E-state index contributed by atoms with van der Waals surface area (Å²) in [5.41, 5.74) is -2.80. The van der Waals surface area contributed by atoms with E-state index in [1.165, 1.54) is 7.05 Å². The lowest BCUT2D eigenvalue weighted by molar-refractivity contribution is -0.0332.